The molecule has 2 aromatic heterocycles. The Morgan fingerprint density at radius 3 is 2.12 bits per heavy atom. The summed E-state index contributed by atoms with van der Waals surface area (Å²) in [5, 5.41) is 35.5. The van der Waals surface area contributed by atoms with Crippen LogP contribution in [0.25, 0.3) is 10.1 Å². The number of aliphatic carboxylic acids is 1. The van der Waals surface area contributed by atoms with E-state index in [-0.39, 0.29) is 51.1 Å². The number of carboxylic acid groups (broad SMARTS) is 1. The second kappa shape index (κ2) is 27.2. The zero-order chi connectivity index (χ0) is 55.1. The molecule has 1 aromatic carbocycles. The Labute approximate surface area is 435 Å². The van der Waals surface area contributed by atoms with Crippen molar-refractivity contribution in [2.45, 2.75) is 140 Å². The number of fused-ring (bicyclic) bond motifs is 1. The highest BCUT2D eigenvalue weighted by Crippen LogP contribution is 2.38. The predicted octanol–water partition coefficient (Wildman–Crippen LogP) is -1.08. The summed E-state index contributed by atoms with van der Waals surface area (Å²) in [4.78, 5) is 162. The van der Waals surface area contributed by atoms with Crippen LogP contribution in [0.2, 0.25) is 0 Å². The van der Waals surface area contributed by atoms with E-state index in [4.69, 9.17) is 0 Å². The topological polar surface area (TPSA) is 385 Å². The molecule has 2 aliphatic heterocycles. The van der Waals surface area contributed by atoms with Gasteiger partial charge in [0.25, 0.3) is 0 Å². The number of amides is 8. The summed E-state index contributed by atoms with van der Waals surface area (Å²) in [6.45, 7) is 4.99. The van der Waals surface area contributed by atoms with Crippen LogP contribution in [0.1, 0.15) is 83.2 Å². The molecule has 9 atom stereocenters. The first-order valence-electron chi connectivity index (χ1n) is 24.4. The number of aryl methyl sites for hydroxylation is 1. The van der Waals surface area contributed by atoms with Crippen molar-refractivity contribution in [2.24, 2.45) is 5.92 Å². The maximum atomic E-state index is 14.3. The molecule has 11 N–H and O–H groups in total. The number of nitrogens with one attached hydrogen (secondary N) is 7. The van der Waals surface area contributed by atoms with E-state index in [1.807, 2.05) is 30.3 Å². The average molecular weight is 1090 g/mol. The number of benzene rings is 1. The standard InChI is InChI=1S/C47H65N10O16PS/c1-25(2)17-31(41(63)52-32(19-29-21-48-24-49-29)42(64)54-34(23-59)43(65)55-40(27(4)73-74(70,71)72)45(67)50-26(3)22-58)53-44(66)35-10-7-15-56(35)47(69)36-11-8-16-57(36)46(68)33(20-39(61)62)51-38(60)14-13-30-18-28-9-5-6-12-37(28)75-30/h5-6,9,12,18,21-22,24-27,31-36,40,59H,7-8,10-11,13-17,19-20,23H2,1-4H3,(H,48,49)(H,50,67)(H,51,60)(H,52,63)(H,53,66)(H,54,64)(H,55,65)(H,61,62)(H2,70,71,72)/t26-,27+,31-,32-,33-,34-,35-,36-,40-/m0/s1. The van der Waals surface area contributed by atoms with E-state index in [2.05, 4.69) is 46.4 Å². The van der Waals surface area contributed by atoms with Gasteiger partial charge in [0.1, 0.15) is 48.6 Å². The van der Waals surface area contributed by atoms with Crippen LogP contribution in [0.4, 0.5) is 0 Å². The first-order chi connectivity index (χ1) is 35.5. The van der Waals surface area contributed by atoms with Crippen LogP contribution in [0.5, 0.6) is 0 Å². The van der Waals surface area contributed by atoms with Crippen molar-refractivity contribution < 1.29 is 77.0 Å². The summed E-state index contributed by atoms with van der Waals surface area (Å²) in [6, 6.07) is -1.60. The number of imidazole rings is 1. The lowest BCUT2D eigenvalue weighted by atomic mass is 10.0. The van der Waals surface area contributed by atoms with Crippen molar-refractivity contribution in [3.05, 3.63) is 53.4 Å². The van der Waals surface area contributed by atoms with E-state index < -0.39 is 129 Å². The van der Waals surface area contributed by atoms with E-state index in [0.29, 0.717) is 31.2 Å². The van der Waals surface area contributed by atoms with Gasteiger partial charge in [0.05, 0.1) is 31.5 Å². The molecule has 0 spiro atoms. The molecule has 75 heavy (non-hydrogen) atoms. The van der Waals surface area contributed by atoms with Crippen molar-refractivity contribution >= 4 is 88.8 Å². The number of H-pyrrole nitrogens is 1. The molecule has 4 heterocycles. The third-order valence-corrected chi connectivity index (χ3v) is 14.2. The molecular weight excluding hydrogens is 1020 g/mol. The fraction of sp³-hybridized carbons (Fsp3) is 0.553. The van der Waals surface area contributed by atoms with Crippen molar-refractivity contribution in [1.29, 1.82) is 0 Å². The summed E-state index contributed by atoms with van der Waals surface area (Å²) in [7, 11) is -5.23. The van der Waals surface area contributed by atoms with Crippen molar-refractivity contribution in [1.82, 2.24) is 51.7 Å². The maximum absolute atomic E-state index is 14.3. The quantitative estimate of drug-likeness (QED) is 0.0319. The Hall–Kier alpha value is -6.64. The molecular formula is C47H65N10O16PS. The SMILES string of the molecule is CC(C)C[C@H](NC(=O)[C@@H]1CCCN1C(=O)[C@@H]1CCCN1C(=O)[C@H](CC(=O)O)NC(=O)CCc1cc2ccccc2s1)C(=O)N[C@@H](Cc1cnc[nH]1)C(=O)N[C@@H](CO)C(=O)N[C@H](C(=O)N[C@@H](C)C=O)[C@@H](C)OP(=O)(O)O. The fourth-order valence-corrected chi connectivity index (χ4v) is 10.4. The zero-order valence-corrected chi connectivity index (χ0v) is 43.5. The molecule has 0 saturated carbocycles. The van der Waals surface area contributed by atoms with Gasteiger partial charge in [-0.2, -0.15) is 0 Å². The Bertz CT molecular complexity index is 2560. The number of aliphatic hydroxyl groups is 1. The summed E-state index contributed by atoms with van der Waals surface area (Å²) >= 11 is 1.52. The van der Waals surface area contributed by atoms with Crippen molar-refractivity contribution in [2.75, 3.05) is 19.7 Å². The van der Waals surface area contributed by atoms with Gasteiger partial charge in [0.2, 0.25) is 47.3 Å². The van der Waals surface area contributed by atoms with Crippen molar-refractivity contribution in [3.8, 4) is 0 Å². The monoisotopic (exact) mass is 1090 g/mol. The van der Waals surface area contributed by atoms with Gasteiger partial charge < -0.3 is 71.5 Å². The number of nitrogens with zero attached hydrogens (tertiary/aromatic N) is 3. The van der Waals surface area contributed by atoms with Crippen molar-refractivity contribution in [3.63, 3.8) is 0 Å². The number of thiophene rings is 1. The number of aliphatic hydroxyl groups excluding tert-OH is 1. The minimum atomic E-state index is -5.23. The number of hydrogen-bond donors (Lipinski definition) is 11. The number of aldehydes is 1. The van der Waals surface area contributed by atoms with Gasteiger partial charge >= 0.3 is 13.8 Å². The molecule has 0 bridgehead atoms. The van der Waals surface area contributed by atoms with Gasteiger partial charge in [-0.1, -0.05) is 32.0 Å². The lowest BCUT2D eigenvalue weighted by Gasteiger charge is -2.33. The number of aromatic amines is 1. The minimum absolute atomic E-state index is 0.0166. The molecule has 26 nitrogen and oxygen atoms in total. The van der Waals surface area contributed by atoms with Gasteiger partial charge in [-0.25, -0.2) is 9.55 Å². The number of carboxylic acids is 1. The number of phosphoric acid groups is 1. The Morgan fingerprint density at radius 2 is 1.49 bits per heavy atom. The number of phosphoric ester groups is 1. The van der Waals surface area contributed by atoms with Crippen LogP contribution in [-0.2, 0) is 69.9 Å². The smallest absolute Gasteiger partial charge is 0.469 e. The number of rotatable bonds is 27. The Balaban J connectivity index is 1.26. The molecule has 3 aromatic rings. The highest BCUT2D eigenvalue weighted by molar-refractivity contribution is 7.46. The van der Waals surface area contributed by atoms with E-state index >= 15 is 0 Å². The number of carbonyl (C=O) groups is 10. The van der Waals surface area contributed by atoms with Gasteiger partial charge in [-0.05, 0) is 75.8 Å². The van der Waals surface area contributed by atoms with Crippen LogP contribution in [-0.4, -0.2) is 173 Å². The number of aromatic nitrogens is 2. The average Bonchev–Trinajstić information content (AvgIpc) is 4.20. The molecule has 2 saturated heterocycles. The van der Waals surface area contributed by atoms with E-state index in [9.17, 15) is 72.5 Å². The largest absolute Gasteiger partial charge is 0.481 e. The predicted molar refractivity (Wildman–Crippen MR) is 267 cm³/mol. The number of hydrogen-bond acceptors (Lipinski definition) is 15. The minimum Gasteiger partial charge on any atom is -0.481 e. The van der Waals surface area contributed by atoms with Crippen LogP contribution >= 0.6 is 19.2 Å². The lowest BCUT2D eigenvalue weighted by Crippen LogP contribution is -2.61. The molecule has 8 amide bonds. The second-order valence-corrected chi connectivity index (χ2v) is 21.2. The Morgan fingerprint density at radius 1 is 0.840 bits per heavy atom. The van der Waals surface area contributed by atoms with Crippen LogP contribution in [0.15, 0.2) is 42.9 Å². The lowest BCUT2D eigenvalue weighted by molar-refractivity contribution is -0.149. The van der Waals surface area contributed by atoms with E-state index in [0.717, 1.165) is 21.9 Å². The van der Waals surface area contributed by atoms with Gasteiger partial charge in [-0.3, -0.25) is 47.7 Å². The van der Waals surface area contributed by atoms with Crippen LogP contribution < -0.4 is 31.9 Å². The van der Waals surface area contributed by atoms with Gasteiger partial charge in [0, 0.05) is 47.4 Å². The van der Waals surface area contributed by atoms with E-state index in [1.54, 1.807) is 13.8 Å². The summed E-state index contributed by atoms with van der Waals surface area (Å²) in [5.74, 6) is -8.38. The third kappa shape index (κ3) is 17.2. The number of carbonyl (C=O) groups excluding carboxylic acids is 9. The molecule has 2 fully saturated rings. The van der Waals surface area contributed by atoms with E-state index in [1.165, 1.54) is 40.6 Å². The summed E-state index contributed by atoms with van der Waals surface area (Å²) in [6.07, 6.45) is 1.80. The molecule has 410 valence electrons. The van der Waals surface area contributed by atoms with Crippen LogP contribution in [0.3, 0.4) is 0 Å². The highest BCUT2D eigenvalue weighted by atomic mass is 32.1. The van der Waals surface area contributed by atoms with Crippen LogP contribution in [0, 0.1) is 5.92 Å². The Kier molecular flexibility index (Phi) is 21.5. The molecule has 0 aliphatic carbocycles. The molecule has 0 unspecified atom stereocenters. The molecule has 2 aliphatic rings. The van der Waals surface area contributed by atoms with Gasteiger partial charge in [0.15, 0.2) is 0 Å². The summed E-state index contributed by atoms with van der Waals surface area (Å²) in [5.41, 5.74) is 0.327. The highest BCUT2D eigenvalue weighted by Gasteiger charge is 2.45. The first kappa shape index (κ1) is 59.2. The maximum Gasteiger partial charge on any atom is 0.469 e. The first-order valence-corrected chi connectivity index (χ1v) is 26.7. The third-order valence-electron chi connectivity index (χ3n) is 12.4. The second-order valence-electron chi connectivity index (χ2n) is 18.8. The number of likely N-dealkylation sites (tertiary alicyclic amines) is 2. The normalized spacial score (nSPS) is 18.5. The molecule has 5 rings (SSSR count). The fourth-order valence-electron chi connectivity index (χ4n) is 8.83. The molecule has 28 heteroatoms. The molecule has 0 radical (unpaired) electrons. The van der Waals surface area contributed by atoms with Gasteiger partial charge in [-0.15, -0.1) is 11.3 Å². The zero-order valence-electron chi connectivity index (χ0n) is 41.8. The summed E-state index contributed by atoms with van der Waals surface area (Å²) < 4.78 is 17.2.